The van der Waals surface area contributed by atoms with Gasteiger partial charge in [-0.3, -0.25) is 15.0 Å². The number of hydrazine groups is 1. The molecule has 162 valence electrons. The maximum atomic E-state index is 12.9. The molecule has 3 aromatic carbocycles. The maximum Gasteiger partial charge on any atom is 0.416 e. The van der Waals surface area contributed by atoms with Crippen LogP contribution in [0.25, 0.3) is 6.08 Å². The van der Waals surface area contributed by atoms with Crippen molar-refractivity contribution in [3.8, 4) is 5.75 Å². The molecule has 1 aliphatic rings. The van der Waals surface area contributed by atoms with Crippen LogP contribution in [0.4, 0.5) is 18.9 Å². The number of anilines is 1. The van der Waals surface area contributed by atoms with Gasteiger partial charge in [0.2, 0.25) is 0 Å². The lowest BCUT2D eigenvalue weighted by atomic mass is 10.1. The molecule has 0 radical (unpaired) electrons. The van der Waals surface area contributed by atoms with E-state index in [0.717, 1.165) is 12.1 Å². The molecule has 1 heterocycles. The smallest absolute Gasteiger partial charge is 0.416 e. The third-order valence-corrected chi connectivity index (χ3v) is 4.73. The normalized spacial score (nSPS) is 15.2. The summed E-state index contributed by atoms with van der Waals surface area (Å²) in [4.78, 5) is 25.0. The Morgan fingerprint density at radius 2 is 1.66 bits per heavy atom. The number of rotatable bonds is 5. The van der Waals surface area contributed by atoms with Gasteiger partial charge in [0.25, 0.3) is 11.8 Å². The van der Waals surface area contributed by atoms with Gasteiger partial charge in [-0.25, -0.2) is 5.01 Å². The molecule has 8 heteroatoms. The van der Waals surface area contributed by atoms with E-state index in [1.807, 2.05) is 0 Å². The van der Waals surface area contributed by atoms with Crippen molar-refractivity contribution in [1.82, 2.24) is 5.43 Å². The summed E-state index contributed by atoms with van der Waals surface area (Å²) in [6.07, 6.45) is -2.98. The van der Waals surface area contributed by atoms with Crippen LogP contribution < -0.4 is 15.2 Å². The van der Waals surface area contributed by atoms with Gasteiger partial charge in [-0.2, -0.15) is 13.2 Å². The van der Waals surface area contributed by atoms with E-state index in [-0.39, 0.29) is 12.2 Å². The Labute approximate surface area is 181 Å². The lowest BCUT2D eigenvalue weighted by Gasteiger charge is -2.13. The molecule has 1 N–H and O–H groups in total. The molecule has 32 heavy (non-hydrogen) atoms. The number of para-hydroxylation sites is 1. The number of nitrogens with zero attached hydrogens (tertiary/aromatic N) is 1. The van der Waals surface area contributed by atoms with E-state index in [1.54, 1.807) is 60.7 Å². The zero-order valence-electron chi connectivity index (χ0n) is 16.6. The Hall–Kier alpha value is -4.07. The summed E-state index contributed by atoms with van der Waals surface area (Å²) in [5.41, 5.74) is 3.18. The van der Waals surface area contributed by atoms with Gasteiger partial charge in [-0.05, 0) is 53.6 Å². The third kappa shape index (κ3) is 4.64. The minimum absolute atomic E-state index is 0.0381. The number of benzene rings is 3. The van der Waals surface area contributed by atoms with E-state index in [4.69, 9.17) is 4.74 Å². The molecule has 0 aromatic heterocycles. The number of nitrogens with one attached hydrogen (secondary N) is 1. The van der Waals surface area contributed by atoms with Gasteiger partial charge in [0, 0.05) is 0 Å². The van der Waals surface area contributed by atoms with Gasteiger partial charge < -0.3 is 4.74 Å². The molecule has 0 bridgehead atoms. The fourth-order valence-electron chi connectivity index (χ4n) is 3.18. The Morgan fingerprint density at radius 3 is 2.41 bits per heavy atom. The number of carbonyl (C=O) groups excluding carboxylic acids is 2. The second-order valence-electron chi connectivity index (χ2n) is 7.03. The van der Waals surface area contributed by atoms with Gasteiger partial charge in [0.15, 0.2) is 0 Å². The Bertz CT molecular complexity index is 1190. The summed E-state index contributed by atoms with van der Waals surface area (Å²) in [6.45, 7) is -0.0643. The molecule has 1 saturated heterocycles. The van der Waals surface area contributed by atoms with Gasteiger partial charge in [-0.1, -0.05) is 42.5 Å². The molecule has 0 aliphatic carbocycles. The van der Waals surface area contributed by atoms with Crippen molar-refractivity contribution in [1.29, 1.82) is 0 Å². The van der Waals surface area contributed by atoms with Crippen LogP contribution in [0.5, 0.6) is 5.75 Å². The quantitative estimate of drug-likeness (QED) is 0.462. The fourth-order valence-corrected chi connectivity index (χ4v) is 3.18. The van der Waals surface area contributed by atoms with Crippen LogP contribution in [-0.4, -0.2) is 11.8 Å². The van der Waals surface area contributed by atoms with Crippen molar-refractivity contribution < 1.29 is 27.5 Å². The molecular weight excluding hydrogens is 421 g/mol. The van der Waals surface area contributed by atoms with Gasteiger partial charge >= 0.3 is 6.18 Å². The summed E-state index contributed by atoms with van der Waals surface area (Å²) < 4.78 is 44.2. The summed E-state index contributed by atoms with van der Waals surface area (Å²) in [6, 6.07) is 20.2. The molecule has 1 aliphatic heterocycles. The standard InChI is InChI=1S/C24H17F3N2O3/c25-24(26,27)18-8-4-7-17(12-18)15-32-20-11-5-6-16(13-20)14-21-22(30)28-29(23(21)31)19-9-2-1-3-10-19/h1-14H,15H2,(H,28,30)/b21-14+. The molecule has 0 unspecified atom stereocenters. The minimum Gasteiger partial charge on any atom is -0.489 e. The number of hydrogen-bond donors (Lipinski definition) is 1. The van der Waals surface area contributed by atoms with Gasteiger partial charge in [0.05, 0.1) is 11.3 Å². The van der Waals surface area contributed by atoms with E-state index in [0.29, 0.717) is 22.6 Å². The predicted molar refractivity (Wildman–Crippen MR) is 112 cm³/mol. The van der Waals surface area contributed by atoms with Crippen LogP contribution in [0.2, 0.25) is 0 Å². The summed E-state index contributed by atoms with van der Waals surface area (Å²) in [5.74, 6) is -0.631. The van der Waals surface area contributed by atoms with Crippen molar-refractivity contribution in [2.75, 3.05) is 5.01 Å². The van der Waals surface area contributed by atoms with Crippen molar-refractivity contribution in [3.63, 3.8) is 0 Å². The predicted octanol–water partition coefficient (Wildman–Crippen LogP) is 4.75. The van der Waals surface area contributed by atoms with Crippen molar-refractivity contribution in [3.05, 3.63) is 101 Å². The first kappa shape index (κ1) is 21.2. The van der Waals surface area contributed by atoms with Crippen molar-refractivity contribution >= 4 is 23.6 Å². The largest absolute Gasteiger partial charge is 0.489 e. The monoisotopic (exact) mass is 438 g/mol. The summed E-state index contributed by atoms with van der Waals surface area (Å²) in [5, 5.41) is 1.17. The van der Waals surface area contributed by atoms with Crippen LogP contribution >= 0.6 is 0 Å². The average molecular weight is 438 g/mol. The number of halogens is 3. The van der Waals surface area contributed by atoms with Crippen LogP contribution in [0.3, 0.4) is 0 Å². The summed E-state index contributed by atoms with van der Waals surface area (Å²) >= 11 is 0. The minimum atomic E-state index is -4.43. The van der Waals surface area contributed by atoms with E-state index < -0.39 is 23.6 Å². The van der Waals surface area contributed by atoms with Crippen LogP contribution in [0.15, 0.2) is 84.4 Å². The van der Waals surface area contributed by atoms with Crippen LogP contribution in [0.1, 0.15) is 16.7 Å². The van der Waals surface area contributed by atoms with Gasteiger partial charge in [-0.15, -0.1) is 0 Å². The topological polar surface area (TPSA) is 58.6 Å². The van der Waals surface area contributed by atoms with E-state index in [2.05, 4.69) is 5.43 Å². The third-order valence-electron chi connectivity index (χ3n) is 4.73. The molecular formula is C24H17F3N2O3. The zero-order valence-corrected chi connectivity index (χ0v) is 16.6. The maximum absolute atomic E-state index is 12.9. The number of carbonyl (C=O) groups is 2. The molecule has 2 amide bonds. The number of amides is 2. The Balaban J connectivity index is 1.49. The first-order valence-electron chi connectivity index (χ1n) is 9.62. The molecule has 5 nitrogen and oxygen atoms in total. The SMILES string of the molecule is O=C1NN(c2ccccc2)C(=O)/C1=C/c1cccc(OCc2cccc(C(F)(F)F)c2)c1. The highest BCUT2D eigenvalue weighted by atomic mass is 19.4. The van der Waals surface area contributed by atoms with E-state index >= 15 is 0 Å². The second-order valence-corrected chi connectivity index (χ2v) is 7.03. The Morgan fingerprint density at radius 1 is 0.906 bits per heavy atom. The molecule has 0 atom stereocenters. The zero-order chi connectivity index (χ0) is 22.7. The molecule has 1 fully saturated rings. The highest BCUT2D eigenvalue weighted by Crippen LogP contribution is 2.30. The average Bonchev–Trinajstić information content (AvgIpc) is 3.06. The van der Waals surface area contributed by atoms with E-state index in [9.17, 15) is 22.8 Å². The summed E-state index contributed by atoms with van der Waals surface area (Å²) in [7, 11) is 0. The first-order valence-corrected chi connectivity index (χ1v) is 9.62. The fraction of sp³-hybridized carbons (Fsp3) is 0.0833. The first-order chi connectivity index (χ1) is 15.3. The number of alkyl halides is 3. The lowest BCUT2D eigenvalue weighted by Crippen LogP contribution is -2.35. The van der Waals surface area contributed by atoms with Gasteiger partial charge in [0.1, 0.15) is 17.9 Å². The molecule has 0 saturated carbocycles. The highest BCUT2D eigenvalue weighted by Gasteiger charge is 2.34. The number of hydrogen-bond acceptors (Lipinski definition) is 3. The molecule has 4 rings (SSSR count). The molecule has 0 spiro atoms. The molecule has 3 aromatic rings. The van der Waals surface area contributed by atoms with Crippen LogP contribution in [0, 0.1) is 0 Å². The Kier molecular flexibility index (Phi) is 5.68. The lowest BCUT2D eigenvalue weighted by molar-refractivity contribution is -0.137. The van der Waals surface area contributed by atoms with Crippen LogP contribution in [-0.2, 0) is 22.4 Å². The highest BCUT2D eigenvalue weighted by molar-refractivity contribution is 6.31. The van der Waals surface area contributed by atoms with Crippen molar-refractivity contribution in [2.24, 2.45) is 0 Å². The van der Waals surface area contributed by atoms with Crippen molar-refractivity contribution in [2.45, 2.75) is 12.8 Å². The second kappa shape index (κ2) is 8.58. The number of ether oxygens (including phenoxy) is 1. The van der Waals surface area contributed by atoms with E-state index in [1.165, 1.54) is 17.2 Å².